The van der Waals surface area contributed by atoms with Crippen molar-refractivity contribution in [3.05, 3.63) is 71.1 Å². The quantitative estimate of drug-likeness (QED) is 0.508. The maximum Gasteiger partial charge on any atom is 0.408 e. The van der Waals surface area contributed by atoms with Crippen molar-refractivity contribution in [2.45, 2.75) is 52.2 Å². The summed E-state index contributed by atoms with van der Waals surface area (Å²) in [6, 6.07) is 20.0. The van der Waals surface area contributed by atoms with Crippen molar-refractivity contribution >= 4 is 28.5 Å². The molecule has 3 rings (SSSR count). The largest absolute Gasteiger partial charge is 0.444 e. The zero-order valence-corrected chi connectivity index (χ0v) is 19.9. The second-order valence-electron chi connectivity index (χ2n) is 9.03. The minimum absolute atomic E-state index is 0.372. The van der Waals surface area contributed by atoms with Crippen LogP contribution >= 0.6 is 11.3 Å². The number of hydrogen-bond acceptors (Lipinski definition) is 5. The number of nitrogens with zero attached hydrogens (tertiary/aromatic N) is 1. The fourth-order valence-corrected chi connectivity index (χ4v) is 4.01. The van der Waals surface area contributed by atoms with Crippen LogP contribution in [0.4, 0.5) is 9.93 Å². The van der Waals surface area contributed by atoms with Gasteiger partial charge in [-0.3, -0.25) is 10.1 Å². The number of benzene rings is 2. The first-order valence-corrected chi connectivity index (χ1v) is 11.3. The van der Waals surface area contributed by atoms with Gasteiger partial charge in [0.05, 0.1) is 5.69 Å². The molecule has 2 amide bonds. The predicted octanol–water partition coefficient (Wildman–Crippen LogP) is 5.64. The van der Waals surface area contributed by atoms with Gasteiger partial charge in [-0.1, -0.05) is 60.7 Å². The predicted molar refractivity (Wildman–Crippen MR) is 129 cm³/mol. The lowest BCUT2D eigenvalue weighted by Crippen LogP contribution is -2.53. The van der Waals surface area contributed by atoms with Crippen molar-refractivity contribution in [2.24, 2.45) is 0 Å². The molecular weight excluding hydrogens is 422 g/mol. The van der Waals surface area contributed by atoms with Gasteiger partial charge in [-0.15, -0.1) is 11.3 Å². The molecular formula is C25H29N3O3S. The Morgan fingerprint density at radius 2 is 1.53 bits per heavy atom. The maximum atomic E-state index is 12.9. The molecule has 1 aromatic heterocycles. The monoisotopic (exact) mass is 451 g/mol. The summed E-state index contributed by atoms with van der Waals surface area (Å²) < 4.78 is 5.28. The Bertz CT molecular complexity index is 1070. The molecule has 0 bridgehead atoms. The molecule has 0 aliphatic heterocycles. The van der Waals surface area contributed by atoms with E-state index in [1.807, 2.05) is 48.5 Å². The van der Waals surface area contributed by atoms with Gasteiger partial charge < -0.3 is 10.1 Å². The molecule has 6 nitrogen and oxygen atoms in total. The number of amides is 2. The van der Waals surface area contributed by atoms with E-state index >= 15 is 0 Å². The lowest BCUT2D eigenvalue weighted by molar-refractivity contribution is -0.121. The minimum atomic E-state index is -1.18. The molecule has 0 aliphatic carbocycles. The number of hydrogen-bond donors (Lipinski definition) is 2. The molecule has 2 aromatic carbocycles. The van der Waals surface area contributed by atoms with Crippen LogP contribution in [0.5, 0.6) is 0 Å². The van der Waals surface area contributed by atoms with Gasteiger partial charge in [-0.05, 0) is 40.2 Å². The van der Waals surface area contributed by atoms with Gasteiger partial charge in [0, 0.05) is 16.9 Å². The molecule has 3 aromatic rings. The molecule has 0 aliphatic rings. The lowest BCUT2D eigenvalue weighted by atomic mass is 10.1. The van der Waals surface area contributed by atoms with E-state index in [1.165, 1.54) is 11.3 Å². The number of alkyl carbamates (subject to hydrolysis) is 1. The molecule has 32 heavy (non-hydrogen) atoms. The summed E-state index contributed by atoms with van der Waals surface area (Å²) in [4.78, 5) is 30.9. The van der Waals surface area contributed by atoms with Crippen LogP contribution in [-0.2, 0) is 16.0 Å². The highest BCUT2D eigenvalue weighted by molar-refractivity contribution is 7.16. The third-order valence-corrected chi connectivity index (χ3v) is 5.52. The Kier molecular flexibility index (Phi) is 6.99. The van der Waals surface area contributed by atoms with E-state index in [0.717, 1.165) is 21.7 Å². The Labute approximate surface area is 193 Å². The van der Waals surface area contributed by atoms with E-state index in [2.05, 4.69) is 22.8 Å². The molecule has 0 atom stereocenters. The minimum Gasteiger partial charge on any atom is -0.444 e. The third kappa shape index (κ3) is 6.40. The smallest absolute Gasteiger partial charge is 0.408 e. The van der Waals surface area contributed by atoms with E-state index in [1.54, 1.807) is 34.6 Å². The van der Waals surface area contributed by atoms with Crippen molar-refractivity contribution in [1.29, 1.82) is 0 Å². The van der Waals surface area contributed by atoms with E-state index in [0.29, 0.717) is 11.6 Å². The Hall–Kier alpha value is -3.19. The Morgan fingerprint density at radius 3 is 2.12 bits per heavy atom. The molecule has 0 spiro atoms. The number of rotatable bonds is 6. The summed E-state index contributed by atoms with van der Waals surface area (Å²) in [5.74, 6) is -0.372. The van der Waals surface area contributed by atoms with Crippen LogP contribution in [0.3, 0.4) is 0 Å². The van der Waals surface area contributed by atoms with E-state index in [-0.39, 0.29) is 5.91 Å². The number of carbonyl (C=O) groups excluding carboxylic acids is 2. The average Bonchev–Trinajstić information content (AvgIpc) is 3.09. The number of nitrogens with one attached hydrogen (secondary N) is 2. The van der Waals surface area contributed by atoms with Crippen LogP contribution < -0.4 is 10.6 Å². The summed E-state index contributed by atoms with van der Waals surface area (Å²) in [6.07, 6.45) is 0.0598. The molecule has 7 heteroatoms. The molecule has 0 saturated carbocycles. The van der Waals surface area contributed by atoms with Crippen molar-refractivity contribution in [3.63, 3.8) is 0 Å². The van der Waals surface area contributed by atoms with E-state index < -0.39 is 17.2 Å². The van der Waals surface area contributed by atoms with Gasteiger partial charge in [0.2, 0.25) is 0 Å². The Balaban J connectivity index is 1.81. The normalized spacial score (nSPS) is 11.7. The van der Waals surface area contributed by atoms with Gasteiger partial charge in [-0.2, -0.15) is 0 Å². The fraction of sp³-hybridized carbons (Fsp3) is 0.320. The highest BCUT2D eigenvalue weighted by atomic mass is 32.1. The van der Waals surface area contributed by atoms with E-state index in [4.69, 9.17) is 9.72 Å². The molecule has 0 unspecified atom stereocenters. The number of thiazole rings is 1. The summed E-state index contributed by atoms with van der Waals surface area (Å²) in [5, 5.41) is 5.98. The van der Waals surface area contributed by atoms with Crippen LogP contribution in [0.1, 0.15) is 45.1 Å². The number of anilines is 1. The van der Waals surface area contributed by atoms with Crippen LogP contribution in [0, 0.1) is 0 Å². The first-order chi connectivity index (χ1) is 15.0. The molecule has 2 N–H and O–H groups in total. The second-order valence-corrected chi connectivity index (χ2v) is 10.1. The van der Waals surface area contributed by atoms with Crippen LogP contribution in [0.25, 0.3) is 11.3 Å². The number of aromatic nitrogens is 1. The van der Waals surface area contributed by atoms with Crippen molar-refractivity contribution in [3.8, 4) is 11.3 Å². The van der Waals surface area contributed by atoms with Gasteiger partial charge >= 0.3 is 6.09 Å². The van der Waals surface area contributed by atoms with Crippen molar-refractivity contribution in [2.75, 3.05) is 5.32 Å². The Morgan fingerprint density at radius 1 is 0.938 bits per heavy atom. The third-order valence-electron chi connectivity index (χ3n) is 4.55. The van der Waals surface area contributed by atoms with Crippen molar-refractivity contribution in [1.82, 2.24) is 10.3 Å². The highest BCUT2D eigenvalue weighted by Gasteiger charge is 2.32. The van der Waals surface area contributed by atoms with Crippen LogP contribution in [0.2, 0.25) is 0 Å². The van der Waals surface area contributed by atoms with Crippen LogP contribution in [-0.4, -0.2) is 28.1 Å². The first-order valence-electron chi connectivity index (χ1n) is 10.5. The molecule has 0 saturated heterocycles. The maximum absolute atomic E-state index is 12.9. The SMILES string of the molecule is CC(C)(C)OC(=O)NC(C)(C)C(=O)Nc1nc(-c2ccccc2)c(Cc2ccccc2)s1. The fourth-order valence-electron chi connectivity index (χ4n) is 3.00. The highest BCUT2D eigenvalue weighted by Crippen LogP contribution is 2.33. The van der Waals surface area contributed by atoms with Gasteiger partial charge in [0.15, 0.2) is 5.13 Å². The summed E-state index contributed by atoms with van der Waals surface area (Å²) in [5.41, 5.74) is 1.16. The van der Waals surface area contributed by atoms with Crippen LogP contribution in [0.15, 0.2) is 60.7 Å². The lowest BCUT2D eigenvalue weighted by Gasteiger charge is -2.27. The summed E-state index contributed by atoms with van der Waals surface area (Å²) >= 11 is 1.44. The van der Waals surface area contributed by atoms with Gasteiger partial charge in [-0.25, -0.2) is 9.78 Å². The van der Waals surface area contributed by atoms with Crippen molar-refractivity contribution < 1.29 is 14.3 Å². The second kappa shape index (κ2) is 9.53. The summed E-state index contributed by atoms with van der Waals surface area (Å²) in [6.45, 7) is 8.57. The van der Waals surface area contributed by atoms with E-state index in [9.17, 15) is 9.59 Å². The molecule has 1 heterocycles. The molecule has 0 fully saturated rings. The number of ether oxygens (including phenoxy) is 1. The van der Waals surface area contributed by atoms with Gasteiger partial charge in [0.1, 0.15) is 11.1 Å². The zero-order valence-electron chi connectivity index (χ0n) is 19.1. The number of carbonyl (C=O) groups is 2. The average molecular weight is 452 g/mol. The molecule has 168 valence electrons. The van der Waals surface area contributed by atoms with Gasteiger partial charge in [0.25, 0.3) is 5.91 Å². The topological polar surface area (TPSA) is 80.3 Å². The standard InChI is InChI=1S/C25H29N3O3S/c1-24(2,3)31-23(30)28-25(4,5)21(29)27-22-26-20(18-14-10-7-11-15-18)19(32-22)16-17-12-8-6-9-13-17/h6-15H,16H2,1-5H3,(H,28,30)(H,26,27,29). The molecule has 0 radical (unpaired) electrons. The summed E-state index contributed by atoms with van der Waals surface area (Å²) in [7, 11) is 0. The first kappa shape index (κ1) is 23.5. The zero-order chi connectivity index (χ0) is 23.4.